The van der Waals surface area contributed by atoms with E-state index in [0.717, 1.165) is 17.6 Å². The third kappa shape index (κ3) is 4.34. The van der Waals surface area contributed by atoms with Crippen molar-refractivity contribution in [2.45, 2.75) is 13.3 Å². The van der Waals surface area contributed by atoms with Gasteiger partial charge in [-0.1, -0.05) is 12.1 Å². The lowest BCUT2D eigenvalue weighted by molar-refractivity contribution is -0.130. The van der Waals surface area contributed by atoms with Gasteiger partial charge in [0.2, 0.25) is 17.6 Å². The van der Waals surface area contributed by atoms with Crippen molar-refractivity contribution < 1.29 is 14.0 Å². The molecule has 1 aliphatic heterocycles. The van der Waals surface area contributed by atoms with Crippen LogP contribution in [0.2, 0.25) is 0 Å². The highest BCUT2D eigenvalue weighted by molar-refractivity contribution is 5.88. The van der Waals surface area contributed by atoms with Crippen molar-refractivity contribution in [1.29, 1.82) is 0 Å². The second-order valence-corrected chi connectivity index (χ2v) is 7.00. The number of rotatable bonds is 4. The van der Waals surface area contributed by atoms with Crippen molar-refractivity contribution in [2.24, 2.45) is 0 Å². The van der Waals surface area contributed by atoms with Crippen molar-refractivity contribution in [3.05, 3.63) is 54.2 Å². The van der Waals surface area contributed by atoms with Crippen molar-refractivity contribution in [3.63, 3.8) is 0 Å². The van der Waals surface area contributed by atoms with Crippen LogP contribution < -0.4 is 10.2 Å². The molecule has 1 aliphatic rings. The number of hydrogen-bond donors (Lipinski definition) is 1. The van der Waals surface area contributed by atoms with Crippen LogP contribution in [0.3, 0.4) is 0 Å². The Hall–Kier alpha value is -3.49. The molecule has 0 bridgehead atoms. The first-order valence-corrected chi connectivity index (χ1v) is 9.37. The van der Waals surface area contributed by atoms with Crippen LogP contribution in [0.5, 0.6) is 0 Å². The Bertz CT molecular complexity index is 1040. The first-order chi connectivity index (χ1) is 14.0. The standard InChI is InChI=1S/C20H21FN6O2/c1-14(28)23-17-4-2-15(3-5-17)10-19(29)26-8-6-25(7-9-26)18-13-27-12-16(21)11-22-20(27)24-18/h2-5,11-13H,6-10H2,1H3,(H,23,28). The first kappa shape index (κ1) is 18.9. The Morgan fingerprint density at radius 3 is 2.52 bits per heavy atom. The van der Waals surface area contributed by atoms with Crippen LogP contribution in [-0.4, -0.2) is 57.3 Å². The number of fused-ring (bicyclic) bond motifs is 1. The molecular formula is C20H21FN6O2. The Kier molecular flexibility index (Phi) is 5.11. The topological polar surface area (TPSA) is 82.8 Å². The van der Waals surface area contributed by atoms with Gasteiger partial charge in [-0.2, -0.15) is 4.98 Å². The molecule has 0 aliphatic carbocycles. The number of benzene rings is 1. The average Bonchev–Trinajstić information content (AvgIpc) is 3.12. The van der Waals surface area contributed by atoms with E-state index in [9.17, 15) is 14.0 Å². The number of anilines is 2. The van der Waals surface area contributed by atoms with E-state index in [1.54, 1.807) is 22.7 Å². The van der Waals surface area contributed by atoms with Gasteiger partial charge in [-0.05, 0) is 17.7 Å². The van der Waals surface area contributed by atoms with Gasteiger partial charge in [-0.3, -0.25) is 14.0 Å². The Morgan fingerprint density at radius 1 is 1.10 bits per heavy atom. The van der Waals surface area contributed by atoms with Gasteiger partial charge in [-0.25, -0.2) is 9.37 Å². The summed E-state index contributed by atoms with van der Waals surface area (Å²) in [6.07, 6.45) is 4.55. The Balaban J connectivity index is 1.33. The van der Waals surface area contributed by atoms with Crippen LogP contribution >= 0.6 is 0 Å². The number of hydrogen-bond acceptors (Lipinski definition) is 5. The zero-order chi connectivity index (χ0) is 20.4. The highest BCUT2D eigenvalue weighted by atomic mass is 19.1. The lowest BCUT2D eigenvalue weighted by Gasteiger charge is -2.34. The van der Waals surface area contributed by atoms with Gasteiger partial charge in [0, 0.05) is 45.0 Å². The summed E-state index contributed by atoms with van der Waals surface area (Å²) in [5.41, 5.74) is 1.61. The number of piperazine rings is 1. The summed E-state index contributed by atoms with van der Waals surface area (Å²) in [6, 6.07) is 7.29. The molecule has 3 heterocycles. The molecule has 29 heavy (non-hydrogen) atoms. The fourth-order valence-corrected chi connectivity index (χ4v) is 3.38. The third-order valence-corrected chi connectivity index (χ3v) is 4.85. The fraction of sp³-hybridized carbons (Fsp3) is 0.300. The van der Waals surface area contributed by atoms with Crippen LogP contribution in [-0.2, 0) is 16.0 Å². The van der Waals surface area contributed by atoms with E-state index < -0.39 is 5.82 Å². The molecule has 2 aromatic heterocycles. The number of aromatic nitrogens is 3. The van der Waals surface area contributed by atoms with E-state index in [2.05, 4.69) is 20.2 Å². The monoisotopic (exact) mass is 396 g/mol. The highest BCUT2D eigenvalue weighted by Crippen LogP contribution is 2.17. The molecule has 2 amide bonds. The maximum atomic E-state index is 13.3. The second kappa shape index (κ2) is 7.86. The Morgan fingerprint density at radius 2 is 1.83 bits per heavy atom. The van der Waals surface area contributed by atoms with E-state index in [4.69, 9.17) is 0 Å². The minimum atomic E-state index is -0.415. The first-order valence-electron chi connectivity index (χ1n) is 9.37. The second-order valence-electron chi connectivity index (χ2n) is 7.00. The fourth-order valence-electron chi connectivity index (χ4n) is 3.38. The van der Waals surface area contributed by atoms with Gasteiger partial charge in [0.1, 0.15) is 5.82 Å². The summed E-state index contributed by atoms with van der Waals surface area (Å²) >= 11 is 0. The zero-order valence-corrected chi connectivity index (χ0v) is 16.0. The summed E-state index contributed by atoms with van der Waals surface area (Å²) in [6.45, 7) is 3.95. The number of amides is 2. The molecule has 3 aromatic rings. The normalized spacial score (nSPS) is 14.3. The van der Waals surface area contributed by atoms with E-state index in [-0.39, 0.29) is 11.8 Å². The van der Waals surface area contributed by atoms with E-state index in [0.29, 0.717) is 44.1 Å². The van der Waals surface area contributed by atoms with Crippen molar-refractivity contribution in [1.82, 2.24) is 19.3 Å². The smallest absolute Gasteiger partial charge is 0.235 e. The minimum absolute atomic E-state index is 0.0654. The molecular weight excluding hydrogens is 375 g/mol. The van der Waals surface area contributed by atoms with Crippen molar-refractivity contribution >= 4 is 29.1 Å². The van der Waals surface area contributed by atoms with E-state index in [1.165, 1.54) is 13.1 Å². The SMILES string of the molecule is CC(=O)Nc1ccc(CC(=O)N2CCN(c3cn4cc(F)cnc4n3)CC2)cc1. The van der Waals surface area contributed by atoms with E-state index in [1.807, 2.05) is 17.0 Å². The molecule has 8 nitrogen and oxygen atoms in total. The quantitative estimate of drug-likeness (QED) is 0.726. The molecule has 150 valence electrons. The molecule has 0 saturated carbocycles. The summed E-state index contributed by atoms with van der Waals surface area (Å²) in [4.78, 5) is 36.0. The number of nitrogens with zero attached hydrogens (tertiary/aromatic N) is 5. The zero-order valence-electron chi connectivity index (χ0n) is 16.0. The Labute approximate surface area is 167 Å². The largest absolute Gasteiger partial charge is 0.352 e. The van der Waals surface area contributed by atoms with Crippen LogP contribution in [0.4, 0.5) is 15.9 Å². The van der Waals surface area contributed by atoms with Crippen LogP contribution in [0, 0.1) is 5.82 Å². The van der Waals surface area contributed by atoms with Crippen LogP contribution in [0.15, 0.2) is 42.9 Å². The molecule has 1 fully saturated rings. The van der Waals surface area contributed by atoms with Crippen molar-refractivity contribution in [3.8, 4) is 0 Å². The predicted octanol–water partition coefficient (Wildman–Crippen LogP) is 1.72. The number of imidazole rings is 1. The van der Waals surface area contributed by atoms with Gasteiger partial charge >= 0.3 is 0 Å². The van der Waals surface area contributed by atoms with Gasteiger partial charge in [0.25, 0.3) is 0 Å². The lowest BCUT2D eigenvalue weighted by Crippen LogP contribution is -2.49. The minimum Gasteiger partial charge on any atom is -0.352 e. The number of nitrogens with one attached hydrogen (secondary N) is 1. The number of carbonyl (C=O) groups is 2. The molecule has 0 atom stereocenters. The molecule has 0 radical (unpaired) electrons. The van der Waals surface area contributed by atoms with E-state index >= 15 is 0 Å². The maximum absolute atomic E-state index is 13.3. The van der Waals surface area contributed by atoms with Gasteiger partial charge in [-0.15, -0.1) is 0 Å². The third-order valence-electron chi connectivity index (χ3n) is 4.85. The van der Waals surface area contributed by atoms with Gasteiger partial charge < -0.3 is 15.1 Å². The van der Waals surface area contributed by atoms with Crippen LogP contribution in [0.25, 0.3) is 5.78 Å². The highest BCUT2D eigenvalue weighted by Gasteiger charge is 2.23. The summed E-state index contributed by atoms with van der Waals surface area (Å²) < 4.78 is 14.9. The maximum Gasteiger partial charge on any atom is 0.235 e. The molecule has 4 rings (SSSR count). The summed E-state index contributed by atoms with van der Waals surface area (Å²) in [7, 11) is 0. The molecule has 1 N–H and O–H groups in total. The average molecular weight is 396 g/mol. The molecule has 0 spiro atoms. The van der Waals surface area contributed by atoms with Gasteiger partial charge in [0.05, 0.1) is 18.8 Å². The van der Waals surface area contributed by atoms with Crippen molar-refractivity contribution in [2.75, 3.05) is 36.4 Å². The molecule has 1 aromatic carbocycles. The molecule has 1 saturated heterocycles. The van der Waals surface area contributed by atoms with Gasteiger partial charge in [0.15, 0.2) is 5.82 Å². The lowest BCUT2D eigenvalue weighted by atomic mass is 10.1. The summed E-state index contributed by atoms with van der Waals surface area (Å²) in [5.74, 6) is 0.697. The summed E-state index contributed by atoms with van der Waals surface area (Å²) in [5, 5.41) is 2.71. The number of halogens is 1. The predicted molar refractivity (Wildman–Crippen MR) is 106 cm³/mol. The van der Waals surface area contributed by atoms with Crippen LogP contribution in [0.1, 0.15) is 12.5 Å². The molecule has 9 heteroatoms. The number of carbonyl (C=O) groups excluding carboxylic acids is 2. The molecule has 0 unspecified atom stereocenters.